The van der Waals surface area contributed by atoms with E-state index in [2.05, 4.69) is 13.8 Å². The maximum atomic E-state index is 5.25. The molecule has 0 radical (unpaired) electrons. The predicted molar refractivity (Wildman–Crippen MR) is 38.4 cm³/mol. The van der Waals surface area contributed by atoms with E-state index in [0.717, 1.165) is 0 Å². The molecule has 1 fully saturated rings. The van der Waals surface area contributed by atoms with Crippen molar-refractivity contribution in [3.8, 4) is 0 Å². The molecule has 1 aliphatic rings. The maximum absolute atomic E-state index is 5.25. The molecule has 0 heterocycles. The van der Waals surface area contributed by atoms with Gasteiger partial charge in [-0.25, -0.2) is 0 Å². The topological polar surface area (TPSA) is 9.23 Å². The molecule has 1 heteroatoms. The van der Waals surface area contributed by atoms with Crippen molar-refractivity contribution < 1.29 is 4.74 Å². The third kappa shape index (κ3) is 1.68. The van der Waals surface area contributed by atoms with E-state index in [4.69, 9.17) is 4.74 Å². The second kappa shape index (κ2) is 2.30. The van der Waals surface area contributed by atoms with Crippen LogP contribution in [0.3, 0.4) is 0 Å². The number of ether oxygens (including phenoxy) is 1. The Balaban J connectivity index is 2.38. The fourth-order valence-corrected chi connectivity index (χ4v) is 1.57. The third-order valence-corrected chi connectivity index (χ3v) is 2.26. The molecule has 0 aromatic rings. The first-order chi connectivity index (χ1) is 4.14. The van der Waals surface area contributed by atoms with Crippen LogP contribution in [0.2, 0.25) is 0 Å². The summed E-state index contributed by atoms with van der Waals surface area (Å²) in [7, 11) is 1.81. The summed E-state index contributed by atoms with van der Waals surface area (Å²) in [6.07, 6.45) is 4.36. The minimum absolute atomic E-state index is 0.542. The van der Waals surface area contributed by atoms with E-state index >= 15 is 0 Å². The third-order valence-electron chi connectivity index (χ3n) is 2.26. The van der Waals surface area contributed by atoms with Gasteiger partial charge < -0.3 is 4.74 Å². The average molecular weight is 128 g/mol. The second-order valence-corrected chi connectivity index (χ2v) is 3.76. The molecule has 0 aromatic carbocycles. The maximum Gasteiger partial charge on any atom is 0.0576 e. The molecular weight excluding hydrogens is 112 g/mol. The van der Waals surface area contributed by atoms with Crippen LogP contribution in [0.1, 0.15) is 33.1 Å². The van der Waals surface area contributed by atoms with Gasteiger partial charge in [-0.15, -0.1) is 0 Å². The first kappa shape index (κ1) is 7.07. The molecule has 0 unspecified atom stereocenters. The van der Waals surface area contributed by atoms with Gasteiger partial charge in [0, 0.05) is 7.11 Å². The molecule has 0 amide bonds. The van der Waals surface area contributed by atoms with E-state index < -0.39 is 0 Å². The van der Waals surface area contributed by atoms with Gasteiger partial charge in [-0.3, -0.25) is 0 Å². The molecule has 0 aliphatic heterocycles. The average Bonchev–Trinajstić information content (AvgIpc) is 2.10. The summed E-state index contributed by atoms with van der Waals surface area (Å²) < 4.78 is 5.25. The highest BCUT2D eigenvalue weighted by atomic mass is 16.5. The van der Waals surface area contributed by atoms with Gasteiger partial charge in [0.15, 0.2) is 0 Å². The normalized spacial score (nSPS) is 33.0. The highest BCUT2D eigenvalue weighted by Crippen LogP contribution is 2.37. The highest BCUT2D eigenvalue weighted by molar-refractivity contribution is 4.82. The zero-order valence-electron chi connectivity index (χ0n) is 6.61. The molecule has 0 saturated heterocycles. The van der Waals surface area contributed by atoms with E-state index in [-0.39, 0.29) is 0 Å². The molecule has 1 aliphatic carbocycles. The van der Waals surface area contributed by atoms with Crippen molar-refractivity contribution in [3.05, 3.63) is 0 Å². The molecule has 9 heavy (non-hydrogen) atoms. The van der Waals surface area contributed by atoms with Crippen molar-refractivity contribution in [3.63, 3.8) is 0 Å². The minimum atomic E-state index is 0.542. The Hall–Kier alpha value is -0.0400. The van der Waals surface area contributed by atoms with Crippen molar-refractivity contribution in [2.24, 2.45) is 5.41 Å². The summed E-state index contributed by atoms with van der Waals surface area (Å²) in [6.45, 7) is 4.62. The molecular formula is C8H16O. The summed E-state index contributed by atoms with van der Waals surface area (Å²) in [5.74, 6) is 0. The number of hydrogen-bond donors (Lipinski definition) is 0. The lowest BCUT2D eigenvalue weighted by Gasteiger charge is -2.15. The molecule has 54 valence electrons. The first-order valence-corrected chi connectivity index (χ1v) is 3.67. The smallest absolute Gasteiger partial charge is 0.0576 e. The number of hydrogen-bond acceptors (Lipinski definition) is 1. The van der Waals surface area contributed by atoms with Gasteiger partial charge in [0.2, 0.25) is 0 Å². The van der Waals surface area contributed by atoms with Crippen molar-refractivity contribution in [2.75, 3.05) is 7.11 Å². The summed E-state index contributed by atoms with van der Waals surface area (Å²) in [5.41, 5.74) is 0.542. The van der Waals surface area contributed by atoms with Crippen LogP contribution >= 0.6 is 0 Å². The Labute approximate surface area is 57.4 Å². The van der Waals surface area contributed by atoms with Crippen LogP contribution in [0.5, 0.6) is 0 Å². The van der Waals surface area contributed by atoms with Gasteiger partial charge in [0.1, 0.15) is 0 Å². The highest BCUT2D eigenvalue weighted by Gasteiger charge is 2.30. The Bertz CT molecular complexity index is 96.7. The van der Waals surface area contributed by atoms with Crippen LogP contribution in [0.4, 0.5) is 0 Å². The molecule has 0 N–H and O–H groups in total. The predicted octanol–water partition coefficient (Wildman–Crippen LogP) is 2.21. The summed E-state index contributed by atoms with van der Waals surface area (Å²) >= 11 is 0. The van der Waals surface area contributed by atoms with Crippen molar-refractivity contribution >= 4 is 0 Å². The standard InChI is InChI=1S/C8H16O/c1-8(2)5-4-7(6-8)9-3/h7H,4-6H2,1-3H3/t7-/m0/s1. The fraction of sp³-hybridized carbons (Fsp3) is 1.00. The second-order valence-electron chi connectivity index (χ2n) is 3.76. The van der Waals surface area contributed by atoms with Crippen molar-refractivity contribution in [1.82, 2.24) is 0 Å². The van der Waals surface area contributed by atoms with Gasteiger partial charge in [-0.2, -0.15) is 0 Å². The van der Waals surface area contributed by atoms with Crippen LogP contribution in [0.15, 0.2) is 0 Å². The Kier molecular flexibility index (Phi) is 1.80. The SMILES string of the molecule is CO[C@H]1CCC(C)(C)C1. The Morgan fingerprint density at radius 3 is 2.33 bits per heavy atom. The molecule has 1 saturated carbocycles. The lowest BCUT2D eigenvalue weighted by atomic mass is 9.92. The van der Waals surface area contributed by atoms with E-state index in [9.17, 15) is 0 Å². The van der Waals surface area contributed by atoms with Gasteiger partial charge in [0.05, 0.1) is 6.10 Å². The quantitative estimate of drug-likeness (QED) is 0.526. The van der Waals surface area contributed by atoms with Crippen LogP contribution in [0.25, 0.3) is 0 Å². The van der Waals surface area contributed by atoms with E-state index in [1.54, 1.807) is 0 Å². The van der Waals surface area contributed by atoms with Crippen molar-refractivity contribution in [2.45, 2.75) is 39.2 Å². The number of rotatable bonds is 1. The molecule has 1 nitrogen and oxygen atoms in total. The Morgan fingerprint density at radius 2 is 2.11 bits per heavy atom. The van der Waals surface area contributed by atoms with Crippen LogP contribution in [-0.2, 0) is 4.74 Å². The summed E-state index contributed by atoms with van der Waals surface area (Å²) in [6, 6.07) is 0. The van der Waals surface area contributed by atoms with E-state index in [1.165, 1.54) is 19.3 Å². The lowest BCUT2D eigenvalue weighted by molar-refractivity contribution is 0.0995. The van der Waals surface area contributed by atoms with Gasteiger partial charge >= 0.3 is 0 Å². The van der Waals surface area contributed by atoms with E-state index in [0.29, 0.717) is 11.5 Å². The number of methoxy groups -OCH3 is 1. The zero-order valence-corrected chi connectivity index (χ0v) is 6.61. The summed E-state index contributed by atoms with van der Waals surface area (Å²) in [4.78, 5) is 0. The zero-order chi connectivity index (χ0) is 6.91. The van der Waals surface area contributed by atoms with E-state index in [1.807, 2.05) is 7.11 Å². The monoisotopic (exact) mass is 128 g/mol. The van der Waals surface area contributed by atoms with Gasteiger partial charge in [0.25, 0.3) is 0 Å². The molecule has 0 spiro atoms. The molecule has 0 aromatic heterocycles. The summed E-state index contributed by atoms with van der Waals surface area (Å²) in [5, 5.41) is 0. The molecule has 0 bridgehead atoms. The van der Waals surface area contributed by atoms with Crippen molar-refractivity contribution in [1.29, 1.82) is 0 Å². The molecule has 1 atom stereocenters. The molecule has 1 rings (SSSR count). The fourth-order valence-electron chi connectivity index (χ4n) is 1.57. The van der Waals surface area contributed by atoms with Gasteiger partial charge in [-0.1, -0.05) is 13.8 Å². The first-order valence-electron chi connectivity index (χ1n) is 3.67. The largest absolute Gasteiger partial charge is 0.381 e. The van der Waals surface area contributed by atoms with Crippen LogP contribution in [0, 0.1) is 5.41 Å². The lowest BCUT2D eigenvalue weighted by Crippen LogP contribution is -2.09. The van der Waals surface area contributed by atoms with Crippen LogP contribution in [-0.4, -0.2) is 13.2 Å². The van der Waals surface area contributed by atoms with Crippen LogP contribution < -0.4 is 0 Å². The van der Waals surface area contributed by atoms with Gasteiger partial charge in [-0.05, 0) is 24.7 Å². The Morgan fingerprint density at radius 1 is 1.44 bits per heavy atom. The minimum Gasteiger partial charge on any atom is -0.381 e.